The minimum Gasteiger partial charge on any atom is -0.453 e. The summed E-state index contributed by atoms with van der Waals surface area (Å²) in [6.07, 6.45) is 0.689. The largest absolute Gasteiger partial charge is 0.453 e. The highest BCUT2D eigenvalue weighted by atomic mass is 32.2. The first kappa shape index (κ1) is 15.6. The fourth-order valence-electron chi connectivity index (χ4n) is 2.43. The first-order valence-electron chi connectivity index (χ1n) is 7.27. The molecule has 3 rings (SSSR count). The van der Waals surface area contributed by atoms with Gasteiger partial charge in [-0.2, -0.15) is 0 Å². The molecule has 1 unspecified atom stereocenters. The number of nitrogens with one attached hydrogen (secondary N) is 1. The fraction of sp³-hybridized carbons (Fsp3) is 0.375. The predicted molar refractivity (Wildman–Crippen MR) is 87.9 cm³/mol. The summed E-state index contributed by atoms with van der Waals surface area (Å²) >= 11 is 1.58. The van der Waals surface area contributed by atoms with Crippen LogP contribution in [0.1, 0.15) is 17.7 Å². The third-order valence-electron chi connectivity index (χ3n) is 3.67. The van der Waals surface area contributed by atoms with Crippen molar-refractivity contribution in [3.05, 3.63) is 47.7 Å². The average molecular weight is 337 g/mol. The second kappa shape index (κ2) is 6.48. The third kappa shape index (κ3) is 4.15. The van der Waals surface area contributed by atoms with E-state index in [9.17, 15) is 8.42 Å². The summed E-state index contributed by atoms with van der Waals surface area (Å²) in [7, 11) is -2.84. The fourth-order valence-corrected chi connectivity index (χ4v) is 4.93. The van der Waals surface area contributed by atoms with Crippen molar-refractivity contribution in [3.8, 4) is 0 Å². The van der Waals surface area contributed by atoms with E-state index >= 15 is 0 Å². The van der Waals surface area contributed by atoms with E-state index in [0.717, 1.165) is 15.7 Å². The van der Waals surface area contributed by atoms with E-state index in [4.69, 9.17) is 4.42 Å². The molecule has 1 aromatic heterocycles. The van der Waals surface area contributed by atoms with Crippen LogP contribution in [-0.2, 0) is 16.4 Å². The molecule has 6 heteroatoms. The first-order chi connectivity index (χ1) is 10.5. The summed E-state index contributed by atoms with van der Waals surface area (Å²) in [6, 6.07) is 12.2. The minimum absolute atomic E-state index is 0.0447. The highest BCUT2D eigenvalue weighted by Gasteiger charge is 2.27. The van der Waals surface area contributed by atoms with Crippen LogP contribution in [0.5, 0.6) is 0 Å². The van der Waals surface area contributed by atoms with Crippen molar-refractivity contribution in [2.45, 2.75) is 35.9 Å². The second-order valence-electron chi connectivity index (χ2n) is 5.62. The van der Waals surface area contributed by atoms with Crippen LogP contribution in [0.4, 0.5) is 0 Å². The van der Waals surface area contributed by atoms with E-state index in [1.54, 1.807) is 11.8 Å². The Morgan fingerprint density at radius 1 is 1.23 bits per heavy atom. The van der Waals surface area contributed by atoms with Gasteiger partial charge < -0.3 is 9.73 Å². The van der Waals surface area contributed by atoms with Gasteiger partial charge >= 0.3 is 0 Å². The van der Waals surface area contributed by atoms with Gasteiger partial charge in [-0.05, 0) is 37.6 Å². The Labute approximate surface area is 135 Å². The Bertz CT molecular complexity index is 735. The highest BCUT2D eigenvalue weighted by molar-refractivity contribution is 7.99. The van der Waals surface area contributed by atoms with E-state index < -0.39 is 9.84 Å². The van der Waals surface area contributed by atoms with Gasteiger partial charge in [0.05, 0.1) is 18.1 Å². The van der Waals surface area contributed by atoms with Gasteiger partial charge in [-0.3, -0.25) is 0 Å². The van der Waals surface area contributed by atoms with Crippen LogP contribution < -0.4 is 5.32 Å². The average Bonchev–Trinajstić information content (AvgIpc) is 3.05. The van der Waals surface area contributed by atoms with Gasteiger partial charge in [0.15, 0.2) is 14.9 Å². The Morgan fingerprint density at radius 3 is 2.68 bits per heavy atom. The first-order valence-corrected chi connectivity index (χ1v) is 9.91. The van der Waals surface area contributed by atoms with Crippen molar-refractivity contribution in [1.82, 2.24) is 5.32 Å². The van der Waals surface area contributed by atoms with Crippen molar-refractivity contribution in [2.75, 3.05) is 11.5 Å². The molecule has 1 atom stereocenters. The van der Waals surface area contributed by atoms with Crippen molar-refractivity contribution in [3.63, 3.8) is 0 Å². The number of hydrogen-bond donors (Lipinski definition) is 1. The smallest absolute Gasteiger partial charge is 0.165 e. The number of rotatable bonds is 5. The third-order valence-corrected chi connectivity index (χ3v) is 6.37. The van der Waals surface area contributed by atoms with E-state index in [1.165, 1.54) is 5.56 Å². The molecule has 4 nitrogen and oxygen atoms in total. The second-order valence-corrected chi connectivity index (χ2v) is 8.92. The molecule has 1 aromatic carbocycles. The maximum Gasteiger partial charge on any atom is 0.165 e. The van der Waals surface area contributed by atoms with Gasteiger partial charge in [-0.15, -0.1) is 0 Å². The van der Waals surface area contributed by atoms with E-state index in [1.807, 2.05) is 12.1 Å². The summed E-state index contributed by atoms with van der Waals surface area (Å²) in [5.74, 6) is 1.36. The van der Waals surface area contributed by atoms with Gasteiger partial charge in [0.2, 0.25) is 0 Å². The molecule has 0 amide bonds. The molecule has 1 fully saturated rings. The molecule has 1 N–H and O–H groups in total. The Kier molecular flexibility index (Phi) is 4.61. The van der Waals surface area contributed by atoms with Crippen LogP contribution in [-0.4, -0.2) is 26.0 Å². The summed E-state index contributed by atoms with van der Waals surface area (Å²) in [5.41, 5.74) is 1.24. The lowest BCUT2D eigenvalue weighted by atomic mass is 10.2. The van der Waals surface area contributed by atoms with Crippen molar-refractivity contribution >= 4 is 21.6 Å². The number of furan rings is 1. The molecule has 1 aliphatic rings. The quantitative estimate of drug-likeness (QED) is 0.909. The molecule has 0 aliphatic carbocycles. The Balaban J connectivity index is 1.54. The lowest BCUT2D eigenvalue weighted by Crippen LogP contribution is -2.29. The monoisotopic (exact) mass is 337 g/mol. The Morgan fingerprint density at radius 2 is 2.00 bits per heavy atom. The summed E-state index contributed by atoms with van der Waals surface area (Å²) in [6.45, 7) is 2.63. The molecule has 118 valence electrons. The van der Waals surface area contributed by atoms with Crippen molar-refractivity contribution in [2.24, 2.45) is 0 Å². The van der Waals surface area contributed by atoms with E-state index in [0.29, 0.717) is 13.0 Å². The number of sulfone groups is 1. The molecule has 1 saturated heterocycles. The van der Waals surface area contributed by atoms with Crippen LogP contribution >= 0.6 is 11.8 Å². The molecule has 1 aliphatic heterocycles. The molecule has 2 aromatic rings. The van der Waals surface area contributed by atoms with Crippen molar-refractivity contribution in [1.29, 1.82) is 0 Å². The molecular formula is C16H19NO3S2. The number of benzene rings is 1. The zero-order valence-corrected chi connectivity index (χ0v) is 14.0. The highest BCUT2D eigenvalue weighted by Crippen LogP contribution is 2.29. The number of hydrogen-bond acceptors (Lipinski definition) is 5. The number of aryl methyl sites for hydroxylation is 1. The lowest BCUT2D eigenvalue weighted by Gasteiger charge is -2.08. The summed E-state index contributed by atoms with van der Waals surface area (Å²) < 4.78 is 28.6. The van der Waals surface area contributed by atoms with Gasteiger partial charge in [0.1, 0.15) is 5.76 Å². The van der Waals surface area contributed by atoms with Crippen LogP contribution in [0.3, 0.4) is 0 Å². The lowest BCUT2D eigenvalue weighted by molar-refractivity contribution is 0.404. The standard InChI is InChI=1S/C16H19NO3S2/c1-12-2-5-15(6-3-12)21-16-7-4-14(20-16)10-17-13-8-9-22(18,19)11-13/h2-7,13,17H,8-11H2,1H3. The van der Waals surface area contributed by atoms with Crippen LogP contribution in [0.25, 0.3) is 0 Å². The van der Waals surface area contributed by atoms with Gasteiger partial charge in [-0.1, -0.05) is 29.5 Å². The maximum absolute atomic E-state index is 11.4. The van der Waals surface area contributed by atoms with E-state index in [2.05, 4.69) is 36.5 Å². The SMILES string of the molecule is Cc1ccc(Sc2ccc(CNC3CCS(=O)(=O)C3)o2)cc1. The zero-order valence-electron chi connectivity index (χ0n) is 12.4. The molecule has 0 radical (unpaired) electrons. The maximum atomic E-state index is 11.4. The molecule has 0 bridgehead atoms. The normalized spacial score (nSPS) is 20.3. The Hall–Kier alpha value is -1.24. The van der Waals surface area contributed by atoms with Crippen molar-refractivity contribution < 1.29 is 12.8 Å². The predicted octanol–water partition coefficient (Wildman–Crippen LogP) is 3.02. The molecule has 0 saturated carbocycles. The van der Waals surface area contributed by atoms with Crippen LogP contribution in [0.2, 0.25) is 0 Å². The molecule has 0 spiro atoms. The molecule has 22 heavy (non-hydrogen) atoms. The summed E-state index contributed by atoms with van der Waals surface area (Å²) in [4.78, 5) is 1.14. The van der Waals surface area contributed by atoms with Gasteiger partial charge in [0.25, 0.3) is 0 Å². The molecular weight excluding hydrogens is 318 g/mol. The van der Waals surface area contributed by atoms with Crippen LogP contribution in [0.15, 0.2) is 50.8 Å². The zero-order chi connectivity index (χ0) is 15.6. The van der Waals surface area contributed by atoms with Crippen LogP contribution in [0, 0.1) is 6.92 Å². The molecule has 2 heterocycles. The van der Waals surface area contributed by atoms with Gasteiger partial charge in [-0.25, -0.2) is 8.42 Å². The van der Waals surface area contributed by atoms with Gasteiger partial charge in [0, 0.05) is 10.9 Å². The van der Waals surface area contributed by atoms with E-state index in [-0.39, 0.29) is 17.5 Å². The minimum atomic E-state index is -2.84. The topological polar surface area (TPSA) is 59.3 Å². The summed E-state index contributed by atoms with van der Waals surface area (Å²) in [5, 5.41) is 4.10.